The Morgan fingerprint density at radius 3 is 2.48 bits per heavy atom. The standard InChI is InChI=1S/C21H27FN4O3/c1-5-25-16-11-26(13(4)19(27)23-10-12(2)3)20(28)17(16)18(24-21(25)29)14-6-8-15(22)9-7-14/h6-9,12-13,18H,5,10-11H2,1-4H3,(H,23,27)(H,24,29). The molecule has 2 heterocycles. The van der Waals surface area contributed by atoms with Gasteiger partial charge in [0.05, 0.1) is 23.9 Å². The zero-order valence-electron chi connectivity index (χ0n) is 17.2. The van der Waals surface area contributed by atoms with E-state index in [2.05, 4.69) is 10.6 Å². The molecule has 8 heteroatoms. The van der Waals surface area contributed by atoms with Gasteiger partial charge in [0.1, 0.15) is 11.9 Å². The zero-order valence-corrected chi connectivity index (χ0v) is 17.2. The Kier molecular flexibility index (Phi) is 5.91. The minimum Gasteiger partial charge on any atom is -0.354 e. The Bertz CT molecular complexity index is 850. The van der Waals surface area contributed by atoms with Crippen molar-refractivity contribution in [1.29, 1.82) is 0 Å². The Morgan fingerprint density at radius 1 is 1.24 bits per heavy atom. The Morgan fingerprint density at radius 2 is 1.90 bits per heavy atom. The smallest absolute Gasteiger partial charge is 0.322 e. The van der Waals surface area contributed by atoms with E-state index in [4.69, 9.17) is 0 Å². The number of hydrogen-bond donors (Lipinski definition) is 2. The molecule has 0 fully saturated rings. The lowest BCUT2D eigenvalue weighted by atomic mass is 9.95. The van der Waals surface area contributed by atoms with Gasteiger partial charge in [0.25, 0.3) is 5.91 Å². The number of carbonyl (C=O) groups is 3. The normalized spacial score (nSPS) is 20.1. The quantitative estimate of drug-likeness (QED) is 0.765. The van der Waals surface area contributed by atoms with Gasteiger partial charge in [0, 0.05) is 13.1 Å². The number of carbonyl (C=O) groups excluding carboxylic acids is 3. The molecule has 0 spiro atoms. The van der Waals surface area contributed by atoms with Crippen molar-refractivity contribution in [1.82, 2.24) is 20.4 Å². The van der Waals surface area contributed by atoms with Crippen molar-refractivity contribution in [3.05, 3.63) is 46.9 Å². The molecule has 4 amide bonds. The monoisotopic (exact) mass is 402 g/mol. The van der Waals surface area contributed by atoms with E-state index in [1.807, 2.05) is 20.8 Å². The third-order valence-corrected chi connectivity index (χ3v) is 5.30. The molecule has 0 aromatic heterocycles. The van der Waals surface area contributed by atoms with Crippen molar-refractivity contribution < 1.29 is 18.8 Å². The van der Waals surface area contributed by atoms with Gasteiger partial charge in [-0.1, -0.05) is 26.0 Å². The summed E-state index contributed by atoms with van der Waals surface area (Å²) in [4.78, 5) is 41.4. The summed E-state index contributed by atoms with van der Waals surface area (Å²) in [5, 5.41) is 5.70. The highest BCUT2D eigenvalue weighted by atomic mass is 19.1. The number of nitrogens with one attached hydrogen (secondary N) is 2. The first-order chi connectivity index (χ1) is 13.7. The molecular weight excluding hydrogens is 375 g/mol. The molecule has 2 aliphatic rings. The van der Waals surface area contributed by atoms with Crippen LogP contribution in [0.3, 0.4) is 0 Å². The molecule has 2 unspecified atom stereocenters. The van der Waals surface area contributed by atoms with E-state index in [0.717, 1.165) is 0 Å². The molecule has 0 saturated carbocycles. The lowest BCUT2D eigenvalue weighted by molar-refractivity contribution is -0.135. The van der Waals surface area contributed by atoms with Crippen LogP contribution in [0.2, 0.25) is 0 Å². The van der Waals surface area contributed by atoms with Crippen LogP contribution >= 0.6 is 0 Å². The molecule has 2 aliphatic heterocycles. The first-order valence-electron chi connectivity index (χ1n) is 9.89. The van der Waals surface area contributed by atoms with E-state index in [0.29, 0.717) is 35.8 Å². The molecule has 3 rings (SSSR count). The van der Waals surface area contributed by atoms with Crippen molar-refractivity contribution in [2.75, 3.05) is 19.6 Å². The SMILES string of the molecule is CCN1C(=O)NC(c2ccc(F)cc2)C2=C1CN(C(C)C(=O)NCC(C)C)C2=O. The highest BCUT2D eigenvalue weighted by Crippen LogP contribution is 2.36. The highest BCUT2D eigenvalue weighted by Gasteiger charge is 2.45. The van der Waals surface area contributed by atoms with Crippen LogP contribution in [0.15, 0.2) is 35.5 Å². The summed E-state index contributed by atoms with van der Waals surface area (Å²) in [5.41, 5.74) is 1.65. The van der Waals surface area contributed by atoms with Crippen molar-refractivity contribution in [2.24, 2.45) is 5.92 Å². The maximum atomic E-state index is 13.4. The Labute approximate surface area is 169 Å². The number of amides is 4. The topological polar surface area (TPSA) is 81.8 Å². The van der Waals surface area contributed by atoms with Gasteiger partial charge in [0.2, 0.25) is 5.91 Å². The summed E-state index contributed by atoms with van der Waals surface area (Å²) in [7, 11) is 0. The molecule has 0 radical (unpaired) electrons. The fraction of sp³-hybridized carbons (Fsp3) is 0.476. The molecule has 0 aliphatic carbocycles. The third kappa shape index (κ3) is 3.97. The van der Waals surface area contributed by atoms with E-state index < -0.39 is 17.9 Å². The first-order valence-corrected chi connectivity index (χ1v) is 9.89. The lowest BCUT2D eigenvalue weighted by Crippen LogP contribution is -2.47. The highest BCUT2D eigenvalue weighted by molar-refractivity contribution is 6.03. The van der Waals surface area contributed by atoms with Crippen LogP contribution in [0.5, 0.6) is 0 Å². The molecule has 29 heavy (non-hydrogen) atoms. The van der Waals surface area contributed by atoms with Gasteiger partial charge in [-0.2, -0.15) is 0 Å². The summed E-state index contributed by atoms with van der Waals surface area (Å²) in [5.74, 6) is -0.616. The number of likely N-dealkylation sites (N-methyl/N-ethyl adjacent to an activating group) is 1. The lowest BCUT2D eigenvalue weighted by Gasteiger charge is -2.32. The number of rotatable bonds is 6. The number of nitrogens with zero attached hydrogens (tertiary/aromatic N) is 2. The van der Waals surface area contributed by atoms with Gasteiger partial charge >= 0.3 is 6.03 Å². The van der Waals surface area contributed by atoms with Crippen molar-refractivity contribution in [3.8, 4) is 0 Å². The molecule has 2 atom stereocenters. The predicted molar refractivity (Wildman–Crippen MR) is 106 cm³/mol. The van der Waals surface area contributed by atoms with E-state index in [1.54, 1.807) is 19.1 Å². The van der Waals surface area contributed by atoms with Gasteiger partial charge in [0.15, 0.2) is 0 Å². The fourth-order valence-corrected chi connectivity index (χ4v) is 3.66. The molecule has 1 aromatic carbocycles. The number of hydrogen-bond acceptors (Lipinski definition) is 3. The zero-order chi connectivity index (χ0) is 21.3. The van der Waals surface area contributed by atoms with Crippen molar-refractivity contribution in [2.45, 2.75) is 39.8 Å². The first kappa shape index (κ1) is 20.8. The van der Waals surface area contributed by atoms with Gasteiger partial charge in [-0.05, 0) is 37.5 Å². The second-order valence-corrected chi connectivity index (χ2v) is 7.79. The average Bonchev–Trinajstić information content (AvgIpc) is 3.02. The molecule has 156 valence electrons. The number of urea groups is 1. The van der Waals surface area contributed by atoms with Crippen LogP contribution < -0.4 is 10.6 Å². The van der Waals surface area contributed by atoms with Crippen LogP contribution in [0.1, 0.15) is 39.3 Å². The van der Waals surface area contributed by atoms with Gasteiger partial charge in [-0.15, -0.1) is 0 Å². The number of benzene rings is 1. The average molecular weight is 402 g/mol. The van der Waals surface area contributed by atoms with Crippen LogP contribution in [0, 0.1) is 11.7 Å². The molecule has 1 aromatic rings. The van der Waals surface area contributed by atoms with Crippen LogP contribution in [-0.4, -0.2) is 53.3 Å². The minimum absolute atomic E-state index is 0.184. The molecule has 0 saturated heterocycles. The summed E-state index contributed by atoms with van der Waals surface area (Å²) >= 11 is 0. The molecule has 2 N–H and O–H groups in total. The van der Waals surface area contributed by atoms with Gasteiger partial charge < -0.3 is 15.5 Å². The van der Waals surface area contributed by atoms with E-state index >= 15 is 0 Å². The maximum Gasteiger partial charge on any atom is 0.322 e. The number of halogens is 1. The van der Waals surface area contributed by atoms with Gasteiger partial charge in [-0.3, -0.25) is 14.5 Å². The Hall–Kier alpha value is -2.90. The van der Waals surface area contributed by atoms with Crippen LogP contribution in [0.25, 0.3) is 0 Å². The second kappa shape index (κ2) is 8.23. The molecular formula is C21H27FN4O3. The maximum absolute atomic E-state index is 13.4. The minimum atomic E-state index is -0.677. The van der Waals surface area contributed by atoms with E-state index in [-0.39, 0.29) is 24.4 Å². The van der Waals surface area contributed by atoms with Crippen molar-refractivity contribution >= 4 is 17.8 Å². The predicted octanol–water partition coefficient (Wildman–Crippen LogP) is 2.17. The van der Waals surface area contributed by atoms with Crippen LogP contribution in [-0.2, 0) is 9.59 Å². The third-order valence-electron chi connectivity index (χ3n) is 5.30. The fourth-order valence-electron chi connectivity index (χ4n) is 3.66. The summed E-state index contributed by atoms with van der Waals surface area (Å²) in [6, 6.07) is 4.05. The van der Waals surface area contributed by atoms with Gasteiger partial charge in [-0.25, -0.2) is 9.18 Å². The summed E-state index contributed by atoms with van der Waals surface area (Å²) < 4.78 is 13.4. The second-order valence-electron chi connectivity index (χ2n) is 7.79. The molecule has 0 bridgehead atoms. The van der Waals surface area contributed by atoms with Crippen molar-refractivity contribution in [3.63, 3.8) is 0 Å². The van der Waals surface area contributed by atoms with E-state index in [9.17, 15) is 18.8 Å². The largest absolute Gasteiger partial charge is 0.354 e. The summed E-state index contributed by atoms with van der Waals surface area (Å²) in [6.45, 7) is 8.61. The summed E-state index contributed by atoms with van der Waals surface area (Å²) in [6.07, 6.45) is 0. The Balaban J connectivity index is 1.91. The van der Waals surface area contributed by atoms with Crippen LogP contribution in [0.4, 0.5) is 9.18 Å². The molecule has 7 nitrogen and oxygen atoms in total. The van der Waals surface area contributed by atoms with E-state index in [1.165, 1.54) is 21.9 Å².